The van der Waals surface area contributed by atoms with Crippen LogP contribution in [0.4, 0.5) is 0 Å². The van der Waals surface area contributed by atoms with Crippen LogP contribution in [-0.2, 0) is 0 Å². The Balaban J connectivity index is 0. The monoisotopic (exact) mass is 202 g/mol. The Labute approximate surface area is 90.9 Å². The van der Waals surface area contributed by atoms with Gasteiger partial charge >= 0.3 is 0 Å². The molecule has 1 atom stereocenters. The molecule has 1 unspecified atom stereocenters. The Kier molecular flexibility index (Phi) is 18.0. The van der Waals surface area contributed by atoms with E-state index in [4.69, 9.17) is 0 Å². The van der Waals surface area contributed by atoms with Crippen molar-refractivity contribution in [2.45, 2.75) is 59.4 Å². The Bertz CT molecular complexity index is 84.4. The van der Waals surface area contributed by atoms with Crippen molar-refractivity contribution in [3.63, 3.8) is 0 Å². The summed E-state index contributed by atoms with van der Waals surface area (Å²) in [6.45, 7) is 10.8. The first-order valence-corrected chi connectivity index (χ1v) is 6.19. The van der Waals surface area contributed by atoms with E-state index in [1.807, 2.05) is 20.9 Å². The van der Waals surface area contributed by atoms with E-state index in [0.29, 0.717) is 6.04 Å². The normalized spacial score (nSPS) is 11.8. The van der Waals surface area contributed by atoms with Crippen molar-refractivity contribution in [1.82, 2.24) is 10.6 Å². The summed E-state index contributed by atoms with van der Waals surface area (Å²) in [4.78, 5) is 0. The number of unbranched alkanes of at least 4 members (excludes halogenated alkanes) is 2. The van der Waals surface area contributed by atoms with E-state index >= 15 is 0 Å². The van der Waals surface area contributed by atoms with Gasteiger partial charge in [-0.05, 0) is 39.9 Å². The summed E-state index contributed by atoms with van der Waals surface area (Å²) in [7, 11) is 2.00. The molecule has 0 spiro atoms. The van der Waals surface area contributed by atoms with Gasteiger partial charge in [0.15, 0.2) is 0 Å². The fraction of sp³-hybridized carbons (Fsp3) is 1.00. The van der Waals surface area contributed by atoms with Gasteiger partial charge in [0, 0.05) is 6.04 Å². The van der Waals surface area contributed by atoms with E-state index in [1.54, 1.807) is 0 Å². The Hall–Kier alpha value is -0.0800. The summed E-state index contributed by atoms with van der Waals surface area (Å²) in [5.74, 6) is 0. The maximum atomic E-state index is 3.51. The van der Waals surface area contributed by atoms with Crippen LogP contribution in [0.5, 0.6) is 0 Å². The van der Waals surface area contributed by atoms with Crippen molar-refractivity contribution in [2.75, 3.05) is 20.1 Å². The lowest BCUT2D eigenvalue weighted by molar-refractivity contribution is 0.490. The highest BCUT2D eigenvalue weighted by molar-refractivity contribution is 4.61. The third kappa shape index (κ3) is 14.4. The topological polar surface area (TPSA) is 24.1 Å². The van der Waals surface area contributed by atoms with Crippen molar-refractivity contribution in [3.8, 4) is 0 Å². The molecule has 0 aliphatic rings. The highest BCUT2D eigenvalue weighted by Crippen LogP contribution is 1.93. The minimum absolute atomic E-state index is 0.661. The van der Waals surface area contributed by atoms with Gasteiger partial charge in [-0.2, -0.15) is 0 Å². The predicted octanol–water partition coefficient (Wildman–Crippen LogP) is 2.79. The van der Waals surface area contributed by atoms with Gasteiger partial charge in [-0.3, -0.25) is 0 Å². The lowest BCUT2D eigenvalue weighted by Crippen LogP contribution is -2.29. The summed E-state index contributed by atoms with van der Waals surface area (Å²) in [6.07, 6.45) is 5.21. The maximum absolute atomic E-state index is 3.51. The summed E-state index contributed by atoms with van der Waals surface area (Å²) < 4.78 is 0. The SMILES string of the molecule is CC.CCCCCNC(C)CCNC. The molecule has 0 rings (SSSR count). The molecule has 0 heterocycles. The molecular formula is C12H30N2. The summed E-state index contributed by atoms with van der Waals surface area (Å²) >= 11 is 0. The van der Waals surface area contributed by atoms with Crippen molar-refractivity contribution in [3.05, 3.63) is 0 Å². The molecule has 0 radical (unpaired) electrons. The second kappa shape index (κ2) is 15.4. The minimum Gasteiger partial charge on any atom is -0.320 e. The van der Waals surface area contributed by atoms with E-state index in [0.717, 1.165) is 6.54 Å². The van der Waals surface area contributed by atoms with Crippen LogP contribution in [0, 0.1) is 0 Å². The zero-order valence-corrected chi connectivity index (χ0v) is 10.8. The summed E-state index contributed by atoms with van der Waals surface area (Å²) in [5, 5.41) is 6.67. The molecule has 2 N–H and O–H groups in total. The first-order chi connectivity index (χ1) is 6.81. The second-order valence-corrected chi connectivity index (χ2v) is 3.45. The average Bonchev–Trinajstić information content (AvgIpc) is 2.24. The van der Waals surface area contributed by atoms with Crippen LogP contribution >= 0.6 is 0 Å². The molecule has 0 amide bonds. The highest BCUT2D eigenvalue weighted by Gasteiger charge is 1.98. The van der Waals surface area contributed by atoms with Crippen LogP contribution in [0.25, 0.3) is 0 Å². The Morgan fingerprint density at radius 2 is 1.71 bits per heavy atom. The van der Waals surface area contributed by atoms with E-state index in [1.165, 1.54) is 32.2 Å². The second-order valence-electron chi connectivity index (χ2n) is 3.45. The van der Waals surface area contributed by atoms with Crippen LogP contribution in [0.1, 0.15) is 53.4 Å². The van der Waals surface area contributed by atoms with Crippen molar-refractivity contribution >= 4 is 0 Å². The molecule has 0 bridgehead atoms. The van der Waals surface area contributed by atoms with Crippen LogP contribution < -0.4 is 10.6 Å². The first kappa shape index (κ1) is 16.4. The Morgan fingerprint density at radius 3 is 2.21 bits per heavy atom. The largest absolute Gasteiger partial charge is 0.320 e. The summed E-state index contributed by atoms with van der Waals surface area (Å²) in [5.41, 5.74) is 0. The fourth-order valence-corrected chi connectivity index (χ4v) is 1.19. The van der Waals surface area contributed by atoms with Gasteiger partial charge in [-0.1, -0.05) is 33.6 Å². The summed E-state index contributed by atoms with van der Waals surface area (Å²) in [6, 6.07) is 0.661. The van der Waals surface area contributed by atoms with Crippen LogP contribution in [0.2, 0.25) is 0 Å². The van der Waals surface area contributed by atoms with Crippen molar-refractivity contribution in [1.29, 1.82) is 0 Å². The van der Waals surface area contributed by atoms with Crippen molar-refractivity contribution in [2.24, 2.45) is 0 Å². The minimum atomic E-state index is 0.661. The van der Waals surface area contributed by atoms with E-state index in [9.17, 15) is 0 Å². The predicted molar refractivity (Wildman–Crippen MR) is 66.9 cm³/mol. The molecule has 0 aliphatic heterocycles. The molecule has 0 fully saturated rings. The number of rotatable bonds is 8. The van der Waals surface area contributed by atoms with Gasteiger partial charge < -0.3 is 10.6 Å². The number of hydrogen-bond donors (Lipinski definition) is 2. The molecule has 0 aromatic rings. The maximum Gasteiger partial charge on any atom is 0.00508 e. The molecular weight excluding hydrogens is 172 g/mol. The van der Waals surface area contributed by atoms with Gasteiger partial charge in [0.05, 0.1) is 0 Å². The molecule has 0 saturated heterocycles. The quantitative estimate of drug-likeness (QED) is 0.591. The molecule has 2 nitrogen and oxygen atoms in total. The molecule has 0 aromatic heterocycles. The molecule has 0 aromatic carbocycles. The zero-order chi connectivity index (χ0) is 11.2. The van der Waals surface area contributed by atoms with Gasteiger partial charge in [0.2, 0.25) is 0 Å². The van der Waals surface area contributed by atoms with Gasteiger partial charge in [0.25, 0.3) is 0 Å². The van der Waals surface area contributed by atoms with Crippen LogP contribution in [0.15, 0.2) is 0 Å². The smallest absolute Gasteiger partial charge is 0.00508 e. The third-order valence-corrected chi connectivity index (χ3v) is 2.10. The molecule has 0 saturated carbocycles. The average molecular weight is 202 g/mol. The standard InChI is InChI=1S/C10H24N2.C2H6/c1-4-5-6-8-12-10(2)7-9-11-3;1-2/h10-12H,4-9H2,1-3H3;1-2H3. The Morgan fingerprint density at radius 1 is 1.07 bits per heavy atom. The molecule has 2 heteroatoms. The van der Waals surface area contributed by atoms with Crippen LogP contribution in [0.3, 0.4) is 0 Å². The van der Waals surface area contributed by atoms with Crippen molar-refractivity contribution < 1.29 is 0 Å². The van der Waals surface area contributed by atoms with E-state index in [-0.39, 0.29) is 0 Å². The zero-order valence-electron chi connectivity index (χ0n) is 10.8. The van der Waals surface area contributed by atoms with Gasteiger partial charge in [-0.25, -0.2) is 0 Å². The molecule has 0 aliphatic carbocycles. The number of hydrogen-bond acceptors (Lipinski definition) is 2. The first-order valence-electron chi connectivity index (χ1n) is 6.19. The fourth-order valence-electron chi connectivity index (χ4n) is 1.19. The molecule has 14 heavy (non-hydrogen) atoms. The third-order valence-electron chi connectivity index (χ3n) is 2.10. The molecule has 88 valence electrons. The highest BCUT2D eigenvalue weighted by atomic mass is 14.9. The van der Waals surface area contributed by atoms with E-state index < -0.39 is 0 Å². The van der Waals surface area contributed by atoms with E-state index in [2.05, 4.69) is 24.5 Å². The lowest BCUT2D eigenvalue weighted by atomic mass is 10.2. The lowest BCUT2D eigenvalue weighted by Gasteiger charge is -2.12. The van der Waals surface area contributed by atoms with Gasteiger partial charge in [0.1, 0.15) is 0 Å². The number of nitrogens with one attached hydrogen (secondary N) is 2. The van der Waals surface area contributed by atoms with Crippen LogP contribution in [-0.4, -0.2) is 26.2 Å². The van der Waals surface area contributed by atoms with Gasteiger partial charge in [-0.15, -0.1) is 0 Å².